The molecule has 1 aliphatic heterocycles. The molecule has 1 N–H and O–H groups in total. The number of hydrogen-bond donors (Lipinski definition) is 1. The van der Waals surface area contributed by atoms with Crippen molar-refractivity contribution in [2.45, 2.75) is 53.3 Å². The van der Waals surface area contributed by atoms with Crippen LogP contribution in [0.3, 0.4) is 0 Å². The van der Waals surface area contributed by atoms with E-state index in [0.29, 0.717) is 6.54 Å². The van der Waals surface area contributed by atoms with Crippen LogP contribution in [0.5, 0.6) is 0 Å². The Morgan fingerprint density at radius 2 is 1.83 bits per heavy atom. The standard InChI is InChI=1S/C23H32N2O5/c1-22(2,3)18(24-21(28)30-13-14-10-8-7-9-11-14)19(26)25-12-15-16(23(15,4)5)17(25)20(27)29-6/h7-11,15-18H,12-13H2,1-6H3,(H,24,28)/t15-,16-,17-,18+/m0/s1. The van der Waals surface area contributed by atoms with Gasteiger partial charge in [-0.25, -0.2) is 9.59 Å². The summed E-state index contributed by atoms with van der Waals surface area (Å²) in [5.74, 6) is -0.339. The van der Waals surface area contributed by atoms with E-state index in [0.717, 1.165) is 5.56 Å². The number of alkyl carbamates (subject to hydrolysis) is 1. The summed E-state index contributed by atoms with van der Waals surface area (Å²) in [7, 11) is 1.34. The third-order valence-corrected chi connectivity index (χ3v) is 6.52. The number of nitrogens with zero attached hydrogens (tertiary/aromatic N) is 1. The summed E-state index contributed by atoms with van der Waals surface area (Å²) in [4.78, 5) is 40.0. The van der Waals surface area contributed by atoms with Crippen molar-refractivity contribution in [2.24, 2.45) is 22.7 Å². The molecule has 0 bridgehead atoms. The number of amides is 2. The fourth-order valence-electron chi connectivity index (χ4n) is 4.60. The maximum atomic E-state index is 13.5. The van der Waals surface area contributed by atoms with E-state index >= 15 is 0 Å². The monoisotopic (exact) mass is 416 g/mol. The van der Waals surface area contributed by atoms with Gasteiger partial charge in [0.1, 0.15) is 18.7 Å². The SMILES string of the molecule is COC(=O)[C@@H]1[C@@H]2[C@H](CN1C(=O)[C@@H](NC(=O)OCc1ccccc1)C(C)(C)C)C2(C)C. The summed E-state index contributed by atoms with van der Waals surface area (Å²) in [6, 6.07) is 7.90. The Hall–Kier alpha value is -2.57. The molecule has 2 aliphatic rings. The average Bonchev–Trinajstić information content (AvgIpc) is 3.04. The van der Waals surface area contributed by atoms with Gasteiger partial charge in [-0.2, -0.15) is 0 Å². The van der Waals surface area contributed by atoms with Gasteiger partial charge >= 0.3 is 12.1 Å². The van der Waals surface area contributed by atoms with Crippen LogP contribution in [0.2, 0.25) is 0 Å². The van der Waals surface area contributed by atoms with Crippen LogP contribution in [0.15, 0.2) is 30.3 Å². The molecule has 30 heavy (non-hydrogen) atoms. The highest BCUT2D eigenvalue weighted by Crippen LogP contribution is 2.65. The van der Waals surface area contributed by atoms with Crippen LogP contribution in [-0.4, -0.2) is 48.6 Å². The van der Waals surface area contributed by atoms with Crippen LogP contribution in [0.1, 0.15) is 40.2 Å². The summed E-state index contributed by atoms with van der Waals surface area (Å²) in [6.07, 6.45) is -0.661. The number of rotatable bonds is 5. The van der Waals surface area contributed by atoms with E-state index < -0.39 is 29.6 Å². The van der Waals surface area contributed by atoms with Crippen LogP contribution in [0.4, 0.5) is 4.79 Å². The van der Waals surface area contributed by atoms with Crippen LogP contribution >= 0.6 is 0 Å². The molecule has 0 aromatic heterocycles. The van der Waals surface area contributed by atoms with Crippen molar-refractivity contribution < 1.29 is 23.9 Å². The molecule has 1 saturated carbocycles. The van der Waals surface area contributed by atoms with Gasteiger partial charge in [0.25, 0.3) is 0 Å². The first-order chi connectivity index (χ1) is 14.0. The van der Waals surface area contributed by atoms with Crippen molar-refractivity contribution in [2.75, 3.05) is 13.7 Å². The molecule has 1 aliphatic carbocycles. The molecular formula is C23H32N2O5. The fourth-order valence-corrected chi connectivity index (χ4v) is 4.60. The lowest BCUT2D eigenvalue weighted by molar-refractivity contribution is -0.154. The van der Waals surface area contributed by atoms with E-state index in [2.05, 4.69) is 19.2 Å². The fraction of sp³-hybridized carbons (Fsp3) is 0.609. The maximum Gasteiger partial charge on any atom is 0.408 e. The first kappa shape index (κ1) is 22.1. The van der Waals surface area contributed by atoms with Gasteiger partial charge in [0.2, 0.25) is 5.91 Å². The molecular weight excluding hydrogens is 384 g/mol. The third-order valence-electron chi connectivity index (χ3n) is 6.52. The number of esters is 1. The molecule has 1 aromatic carbocycles. The highest BCUT2D eigenvalue weighted by atomic mass is 16.5. The van der Waals surface area contributed by atoms with Gasteiger partial charge in [-0.1, -0.05) is 65.0 Å². The van der Waals surface area contributed by atoms with Gasteiger partial charge in [-0.3, -0.25) is 4.79 Å². The summed E-state index contributed by atoms with van der Waals surface area (Å²) in [5.41, 5.74) is 0.305. The lowest BCUT2D eigenvalue weighted by Gasteiger charge is -2.36. The largest absolute Gasteiger partial charge is 0.467 e. The lowest BCUT2D eigenvalue weighted by atomic mass is 9.85. The predicted molar refractivity (Wildman–Crippen MR) is 111 cm³/mol. The van der Waals surface area contributed by atoms with Crippen LogP contribution < -0.4 is 5.32 Å². The Morgan fingerprint density at radius 3 is 2.40 bits per heavy atom. The zero-order valence-corrected chi connectivity index (χ0v) is 18.6. The number of methoxy groups -OCH3 is 1. The van der Waals surface area contributed by atoms with Gasteiger partial charge in [0.05, 0.1) is 7.11 Å². The van der Waals surface area contributed by atoms with E-state index in [1.807, 2.05) is 51.1 Å². The predicted octanol–water partition coefficient (Wildman–Crippen LogP) is 2.98. The maximum absolute atomic E-state index is 13.5. The molecule has 164 valence electrons. The Morgan fingerprint density at radius 1 is 1.20 bits per heavy atom. The molecule has 7 heteroatoms. The zero-order valence-electron chi connectivity index (χ0n) is 18.6. The van der Waals surface area contributed by atoms with E-state index in [1.54, 1.807) is 4.90 Å². The van der Waals surface area contributed by atoms with E-state index in [4.69, 9.17) is 9.47 Å². The quantitative estimate of drug-likeness (QED) is 0.746. The van der Waals surface area contributed by atoms with E-state index in [-0.39, 0.29) is 29.8 Å². The minimum absolute atomic E-state index is 0.00884. The van der Waals surface area contributed by atoms with Crippen LogP contribution in [0.25, 0.3) is 0 Å². The average molecular weight is 417 g/mol. The van der Waals surface area contributed by atoms with Crippen molar-refractivity contribution in [1.82, 2.24) is 10.2 Å². The number of carbonyl (C=O) groups is 3. The smallest absolute Gasteiger partial charge is 0.408 e. The molecule has 0 spiro atoms. The summed E-state index contributed by atoms with van der Waals surface area (Å²) < 4.78 is 10.3. The van der Waals surface area contributed by atoms with Crippen LogP contribution in [-0.2, 0) is 25.7 Å². The number of ether oxygens (including phenoxy) is 2. The number of carbonyl (C=O) groups excluding carboxylic acids is 3. The molecule has 1 heterocycles. The van der Waals surface area contributed by atoms with Crippen molar-refractivity contribution in [3.05, 3.63) is 35.9 Å². The van der Waals surface area contributed by atoms with Gasteiger partial charge in [0.15, 0.2) is 0 Å². The van der Waals surface area contributed by atoms with Gasteiger partial charge in [-0.15, -0.1) is 0 Å². The highest BCUT2D eigenvalue weighted by molar-refractivity contribution is 5.91. The van der Waals surface area contributed by atoms with E-state index in [1.165, 1.54) is 7.11 Å². The van der Waals surface area contributed by atoms with Crippen molar-refractivity contribution in [1.29, 1.82) is 0 Å². The Balaban J connectivity index is 1.71. The molecule has 1 saturated heterocycles. The third kappa shape index (κ3) is 4.16. The van der Waals surface area contributed by atoms with Crippen molar-refractivity contribution >= 4 is 18.0 Å². The van der Waals surface area contributed by atoms with Crippen LogP contribution in [0, 0.1) is 22.7 Å². The lowest BCUT2D eigenvalue weighted by Crippen LogP contribution is -2.58. The number of nitrogens with one attached hydrogen (secondary N) is 1. The summed E-state index contributed by atoms with van der Waals surface area (Å²) >= 11 is 0. The first-order valence-electron chi connectivity index (χ1n) is 10.3. The van der Waals surface area contributed by atoms with Gasteiger partial charge < -0.3 is 19.7 Å². The normalized spacial score (nSPS) is 25.1. The number of fused-ring (bicyclic) bond motifs is 1. The minimum atomic E-state index is -0.825. The second-order valence-corrected chi connectivity index (χ2v) is 9.92. The Labute approximate surface area is 178 Å². The molecule has 3 rings (SSSR count). The molecule has 1 aromatic rings. The summed E-state index contributed by atoms with van der Waals surface area (Å²) in [6.45, 7) is 10.5. The molecule has 2 amide bonds. The van der Waals surface area contributed by atoms with Crippen molar-refractivity contribution in [3.63, 3.8) is 0 Å². The molecule has 2 fully saturated rings. The second-order valence-electron chi connectivity index (χ2n) is 9.92. The van der Waals surface area contributed by atoms with E-state index in [9.17, 15) is 14.4 Å². The molecule has 7 nitrogen and oxygen atoms in total. The molecule has 0 radical (unpaired) electrons. The topological polar surface area (TPSA) is 84.9 Å². The summed E-state index contributed by atoms with van der Waals surface area (Å²) in [5, 5.41) is 2.73. The Kier molecular flexibility index (Phi) is 5.85. The second kappa shape index (κ2) is 7.93. The minimum Gasteiger partial charge on any atom is -0.467 e. The number of hydrogen-bond acceptors (Lipinski definition) is 5. The highest BCUT2D eigenvalue weighted by Gasteiger charge is 2.70. The number of benzene rings is 1. The number of likely N-dealkylation sites (tertiary alicyclic amines) is 1. The zero-order chi connectivity index (χ0) is 22.3. The first-order valence-corrected chi connectivity index (χ1v) is 10.3. The Bertz CT molecular complexity index is 815. The van der Waals surface area contributed by atoms with Crippen molar-refractivity contribution in [3.8, 4) is 0 Å². The van der Waals surface area contributed by atoms with Gasteiger partial charge in [0, 0.05) is 12.5 Å². The molecule has 0 unspecified atom stereocenters. The molecule has 4 atom stereocenters. The van der Waals surface area contributed by atoms with Gasteiger partial charge in [-0.05, 0) is 22.3 Å². The number of piperidine rings is 1.